The molecule has 4 nitrogen and oxygen atoms in total. The number of carboxylic acid groups (broad SMARTS) is 1. The van der Waals surface area contributed by atoms with E-state index in [1.54, 1.807) is 29.2 Å². The van der Waals surface area contributed by atoms with Crippen molar-refractivity contribution >= 4 is 17.3 Å². The third-order valence-corrected chi connectivity index (χ3v) is 2.78. The Hall–Kier alpha value is -2.49. The molecule has 0 unspecified atom stereocenters. The van der Waals surface area contributed by atoms with Gasteiger partial charge in [-0.05, 0) is 31.2 Å². The van der Waals surface area contributed by atoms with Crippen LogP contribution in [0.3, 0.4) is 0 Å². The van der Waals surface area contributed by atoms with Gasteiger partial charge in [-0.2, -0.15) is 0 Å². The number of carbonyl (C=O) groups is 1. The van der Waals surface area contributed by atoms with Gasteiger partial charge in [0, 0.05) is 17.4 Å². The van der Waals surface area contributed by atoms with Gasteiger partial charge in [0.15, 0.2) is 0 Å². The number of rotatable bonds is 4. The molecule has 0 atom stereocenters. The summed E-state index contributed by atoms with van der Waals surface area (Å²) in [5, 5.41) is 18.5. The van der Waals surface area contributed by atoms with Crippen LogP contribution >= 0.6 is 0 Å². The molecule has 0 aliphatic carbocycles. The predicted molar refractivity (Wildman–Crippen MR) is 73.9 cm³/mol. The van der Waals surface area contributed by atoms with Crippen molar-refractivity contribution in [2.45, 2.75) is 6.92 Å². The number of aryl methyl sites for hydroxylation is 1. The molecule has 0 bridgehead atoms. The molecule has 0 spiro atoms. The first kappa shape index (κ1) is 13.0. The SMILES string of the molecule is Cc1ccc(N(CC(=O)O)c2cccc(O)c2)cc1. The summed E-state index contributed by atoms with van der Waals surface area (Å²) in [6.07, 6.45) is 0. The number of benzene rings is 2. The van der Waals surface area contributed by atoms with Crippen LogP contribution in [0.4, 0.5) is 11.4 Å². The van der Waals surface area contributed by atoms with Crippen LogP contribution in [0.15, 0.2) is 48.5 Å². The lowest BCUT2D eigenvalue weighted by molar-refractivity contribution is -0.135. The van der Waals surface area contributed by atoms with Crippen molar-refractivity contribution in [2.75, 3.05) is 11.4 Å². The molecule has 2 aromatic carbocycles. The van der Waals surface area contributed by atoms with E-state index in [1.807, 2.05) is 31.2 Å². The molecule has 4 heteroatoms. The largest absolute Gasteiger partial charge is 0.508 e. The molecular formula is C15H15NO3. The lowest BCUT2D eigenvalue weighted by atomic mass is 10.2. The van der Waals surface area contributed by atoms with E-state index in [-0.39, 0.29) is 12.3 Å². The van der Waals surface area contributed by atoms with E-state index >= 15 is 0 Å². The standard InChI is InChI=1S/C15H15NO3/c1-11-5-7-12(8-6-11)16(10-15(18)19)13-3-2-4-14(17)9-13/h2-9,17H,10H2,1H3,(H,18,19). The first-order valence-electron chi connectivity index (χ1n) is 5.91. The molecule has 98 valence electrons. The Bertz CT molecular complexity index is 578. The van der Waals surface area contributed by atoms with Crippen LogP contribution in [0.2, 0.25) is 0 Å². The van der Waals surface area contributed by atoms with Crippen molar-refractivity contribution in [3.8, 4) is 5.75 Å². The van der Waals surface area contributed by atoms with Gasteiger partial charge in [0.2, 0.25) is 0 Å². The highest BCUT2D eigenvalue weighted by Gasteiger charge is 2.13. The highest BCUT2D eigenvalue weighted by molar-refractivity contribution is 5.78. The van der Waals surface area contributed by atoms with E-state index in [0.717, 1.165) is 11.3 Å². The zero-order chi connectivity index (χ0) is 13.8. The third kappa shape index (κ3) is 3.25. The van der Waals surface area contributed by atoms with Crippen LogP contribution in [-0.2, 0) is 4.79 Å². The summed E-state index contributed by atoms with van der Waals surface area (Å²) in [6.45, 7) is 1.81. The first-order valence-corrected chi connectivity index (χ1v) is 5.91. The van der Waals surface area contributed by atoms with Crippen molar-refractivity contribution in [2.24, 2.45) is 0 Å². The Balaban J connectivity index is 2.40. The highest BCUT2D eigenvalue weighted by atomic mass is 16.4. The molecule has 0 aliphatic heterocycles. The number of carboxylic acids is 1. The second kappa shape index (κ2) is 5.44. The minimum atomic E-state index is -0.927. The molecule has 2 aromatic rings. The fourth-order valence-electron chi connectivity index (χ4n) is 1.85. The second-order valence-electron chi connectivity index (χ2n) is 4.34. The average molecular weight is 257 g/mol. The van der Waals surface area contributed by atoms with Gasteiger partial charge in [-0.25, -0.2) is 0 Å². The summed E-state index contributed by atoms with van der Waals surface area (Å²) in [5.41, 5.74) is 2.53. The summed E-state index contributed by atoms with van der Waals surface area (Å²) in [4.78, 5) is 12.6. The zero-order valence-electron chi connectivity index (χ0n) is 10.6. The minimum Gasteiger partial charge on any atom is -0.508 e. The molecule has 2 N–H and O–H groups in total. The van der Waals surface area contributed by atoms with Gasteiger partial charge in [0.1, 0.15) is 12.3 Å². The molecule has 0 saturated carbocycles. The number of phenols is 1. The predicted octanol–water partition coefficient (Wildman–Crippen LogP) is 2.92. The van der Waals surface area contributed by atoms with Crippen molar-refractivity contribution in [1.29, 1.82) is 0 Å². The summed E-state index contributed by atoms with van der Waals surface area (Å²) in [7, 11) is 0. The fraction of sp³-hybridized carbons (Fsp3) is 0.133. The van der Waals surface area contributed by atoms with E-state index in [4.69, 9.17) is 5.11 Å². The summed E-state index contributed by atoms with van der Waals surface area (Å²) < 4.78 is 0. The van der Waals surface area contributed by atoms with Crippen LogP contribution in [0.1, 0.15) is 5.56 Å². The lowest BCUT2D eigenvalue weighted by Crippen LogP contribution is -2.24. The number of aromatic hydroxyl groups is 1. The molecule has 0 saturated heterocycles. The van der Waals surface area contributed by atoms with E-state index in [2.05, 4.69) is 0 Å². The quantitative estimate of drug-likeness (QED) is 0.884. The fourth-order valence-corrected chi connectivity index (χ4v) is 1.85. The average Bonchev–Trinajstić information content (AvgIpc) is 2.37. The smallest absolute Gasteiger partial charge is 0.323 e. The Morgan fingerprint density at radius 2 is 1.79 bits per heavy atom. The van der Waals surface area contributed by atoms with Crippen molar-refractivity contribution < 1.29 is 15.0 Å². The van der Waals surface area contributed by atoms with Gasteiger partial charge in [-0.15, -0.1) is 0 Å². The highest BCUT2D eigenvalue weighted by Crippen LogP contribution is 2.27. The van der Waals surface area contributed by atoms with Gasteiger partial charge >= 0.3 is 5.97 Å². The number of phenolic OH excluding ortho intramolecular Hbond substituents is 1. The van der Waals surface area contributed by atoms with Crippen molar-refractivity contribution in [1.82, 2.24) is 0 Å². The number of anilines is 2. The van der Waals surface area contributed by atoms with Crippen molar-refractivity contribution in [3.63, 3.8) is 0 Å². The molecule has 0 fully saturated rings. The third-order valence-electron chi connectivity index (χ3n) is 2.78. The van der Waals surface area contributed by atoms with Gasteiger partial charge < -0.3 is 15.1 Å². The monoisotopic (exact) mass is 257 g/mol. The van der Waals surface area contributed by atoms with Crippen LogP contribution in [-0.4, -0.2) is 22.7 Å². The van der Waals surface area contributed by atoms with E-state index in [9.17, 15) is 9.90 Å². The normalized spacial score (nSPS) is 10.2. The van der Waals surface area contributed by atoms with E-state index in [0.29, 0.717) is 5.69 Å². The van der Waals surface area contributed by atoms with Gasteiger partial charge in [-0.3, -0.25) is 4.79 Å². The molecule has 0 aliphatic rings. The second-order valence-corrected chi connectivity index (χ2v) is 4.34. The summed E-state index contributed by atoms with van der Waals surface area (Å²) in [5.74, 6) is -0.816. The maximum absolute atomic E-state index is 11.0. The van der Waals surface area contributed by atoms with Crippen LogP contribution in [0.5, 0.6) is 5.75 Å². The van der Waals surface area contributed by atoms with E-state index in [1.165, 1.54) is 0 Å². The minimum absolute atomic E-state index is 0.111. The Labute approximate surface area is 111 Å². The van der Waals surface area contributed by atoms with Gasteiger partial charge in [0.25, 0.3) is 0 Å². The molecule has 0 radical (unpaired) electrons. The molecule has 0 heterocycles. The number of aliphatic carboxylic acids is 1. The number of nitrogens with zero attached hydrogens (tertiary/aromatic N) is 1. The van der Waals surface area contributed by atoms with Crippen molar-refractivity contribution in [3.05, 3.63) is 54.1 Å². The summed E-state index contributed by atoms with van der Waals surface area (Å²) in [6, 6.07) is 14.1. The number of hydrogen-bond acceptors (Lipinski definition) is 3. The topological polar surface area (TPSA) is 60.8 Å². The van der Waals surface area contributed by atoms with Gasteiger partial charge in [0.05, 0.1) is 0 Å². The Kier molecular flexibility index (Phi) is 3.71. The number of hydrogen-bond donors (Lipinski definition) is 2. The summed E-state index contributed by atoms with van der Waals surface area (Å²) >= 11 is 0. The molecule has 19 heavy (non-hydrogen) atoms. The molecule has 2 rings (SSSR count). The molecule has 0 amide bonds. The van der Waals surface area contributed by atoms with Crippen LogP contribution < -0.4 is 4.90 Å². The van der Waals surface area contributed by atoms with Crippen LogP contribution in [0.25, 0.3) is 0 Å². The maximum atomic E-state index is 11.0. The lowest BCUT2D eigenvalue weighted by Gasteiger charge is -2.23. The van der Waals surface area contributed by atoms with E-state index < -0.39 is 5.97 Å². The van der Waals surface area contributed by atoms with Crippen LogP contribution in [0, 0.1) is 6.92 Å². The Morgan fingerprint density at radius 1 is 1.11 bits per heavy atom. The zero-order valence-corrected chi connectivity index (χ0v) is 10.6. The molecule has 0 aromatic heterocycles. The maximum Gasteiger partial charge on any atom is 0.323 e. The van der Waals surface area contributed by atoms with Gasteiger partial charge in [-0.1, -0.05) is 23.8 Å². The molecular weight excluding hydrogens is 242 g/mol. The first-order chi connectivity index (χ1) is 9.06. The Morgan fingerprint density at radius 3 is 2.37 bits per heavy atom.